The molecule has 1 aromatic carbocycles. The highest BCUT2D eigenvalue weighted by Gasteiger charge is 2.28. The fourth-order valence-corrected chi connectivity index (χ4v) is 2.01. The summed E-state index contributed by atoms with van der Waals surface area (Å²) in [5, 5.41) is 22.9. The number of hydrogen-bond donors (Lipinski definition) is 5. The average Bonchev–Trinajstić information content (AvgIpc) is 2.52. The molecule has 1 rings (SSSR count). The number of rotatable bonds is 8. The SMILES string of the molecule is CC(NC(=O)C(N)Cc1ccccc1)C(=O)NC(C(=O)O)C(C)O. The molecule has 0 heterocycles. The fourth-order valence-electron chi connectivity index (χ4n) is 2.01. The molecule has 8 nitrogen and oxygen atoms in total. The zero-order valence-electron chi connectivity index (χ0n) is 13.6. The summed E-state index contributed by atoms with van der Waals surface area (Å²) >= 11 is 0. The molecular formula is C16H23N3O5. The van der Waals surface area contributed by atoms with Gasteiger partial charge in [0, 0.05) is 0 Å². The van der Waals surface area contributed by atoms with Gasteiger partial charge < -0.3 is 26.6 Å². The Morgan fingerprint density at radius 2 is 1.67 bits per heavy atom. The van der Waals surface area contributed by atoms with Gasteiger partial charge in [0.1, 0.15) is 6.04 Å². The molecule has 0 fully saturated rings. The summed E-state index contributed by atoms with van der Waals surface area (Å²) in [5.41, 5.74) is 6.70. The molecule has 0 spiro atoms. The van der Waals surface area contributed by atoms with Crippen molar-refractivity contribution in [3.63, 3.8) is 0 Å². The monoisotopic (exact) mass is 337 g/mol. The minimum atomic E-state index is -1.45. The molecule has 0 aliphatic heterocycles. The summed E-state index contributed by atoms with van der Waals surface area (Å²) in [6.07, 6.45) is -0.957. The molecule has 0 aliphatic rings. The Balaban J connectivity index is 2.56. The smallest absolute Gasteiger partial charge is 0.328 e. The predicted molar refractivity (Wildman–Crippen MR) is 87.0 cm³/mol. The molecule has 24 heavy (non-hydrogen) atoms. The fraction of sp³-hybridized carbons (Fsp3) is 0.438. The van der Waals surface area contributed by atoms with Crippen molar-refractivity contribution in [3.8, 4) is 0 Å². The van der Waals surface area contributed by atoms with E-state index in [2.05, 4.69) is 10.6 Å². The predicted octanol–water partition coefficient (Wildman–Crippen LogP) is -0.989. The van der Waals surface area contributed by atoms with E-state index in [4.69, 9.17) is 10.8 Å². The number of nitrogens with two attached hydrogens (primary N) is 1. The first-order valence-corrected chi connectivity index (χ1v) is 7.53. The third-order valence-corrected chi connectivity index (χ3v) is 3.43. The van der Waals surface area contributed by atoms with Crippen molar-refractivity contribution in [1.82, 2.24) is 10.6 Å². The Morgan fingerprint density at radius 3 is 2.17 bits per heavy atom. The lowest BCUT2D eigenvalue weighted by Crippen LogP contribution is -2.55. The second-order valence-electron chi connectivity index (χ2n) is 5.59. The summed E-state index contributed by atoms with van der Waals surface area (Å²) in [7, 11) is 0. The van der Waals surface area contributed by atoms with E-state index in [0.29, 0.717) is 6.42 Å². The van der Waals surface area contributed by atoms with E-state index in [-0.39, 0.29) is 0 Å². The van der Waals surface area contributed by atoms with E-state index in [1.807, 2.05) is 30.3 Å². The van der Waals surface area contributed by atoms with Gasteiger partial charge in [-0.1, -0.05) is 30.3 Å². The first-order valence-electron chi connectivity index (χ1n) is 7.53. The number of carbonyl (C=O) groups excluding carboxylic acids is 2. The van der Waals surface area contributed by atoms with Crippen LogP contribution in [0.3, 0.4) is 0 Å². The molecule has 0 saturated carbocycles. The minimum absolute atomic E-state index is 0.312. The van der Waals surface area contributed by atoms with Gasteiger partial charge in [-0.05, 0) is 25.8 Å². The number of hydrogen-bond acceptors (Lipinski definition) is 5. The molecule has 0 aliphatic carbocycles. The number of aliphatic hydroxyl groups is 1. The molecule has 0 bridgehead atoms. The second-order valence-corrected chi connectivity index (χ2v) is 5.59. The van der Waals surface area contributed by atoms with Gasteiger partial charge in [-0.15, -0.1) is 0 Å². The molecule has 132 valence electrons. The second kappa shape index (κ2) is 8.99. The topological polar surface area (TPSA) is 142 Å². The number of amides is 2. The Hall–Kier alpha value is -2.45. The quantitative estimate of drug-likeness (QED) is 0.412. The van der Waals surface area contributed by atoms with Crippen LogP contribution in [0.5, 0.6) is 0 Å². The van der Waals surface area contributed by atoms with Gasteiger partial charge in [-0.2, -0.15) is 0 Å². The molecule has 1 aromatic rings. The zero-order chi connectivity index (χ0) is 18.3. The first-order chi connectivity index (χ1) is 11.2. The van der Waals surface area contributed by atoms with Crippen molar-refractivity contribution in [2.24, 2.45) is 5.73 Å². The van der Waals surface area contributed by atoms with E-state index < -0.39 is 42.0 Å². The maximum atomic E-state index is 12.0. The van der Waals surface area contributed by atoms with Gasteiger partial charge in [0.15, 0.2) is 6.04 Å². The van der Waals surface area contributed by atoms with Crippen molar-refractivity contribution in [1.29, 1.82) is 0 Å². The number of benzene rings is 1. The van der Waals surface area contributed by atoms with Gasteiger partial charge >= 0.3 is 5.97 Å². The summed E-state index contributed by atoms with van der Waals surface area (Å²) in [5.74, 6) is -2.60. The van der Waals surface area contributed by atoms with Gasteiger partial charge in [-0.25, -0.2) is 4.79 Å². The van der Waals surface area contributed by atoms with Crippen LogP contribution in [0.1, 0.15) is 19.4 Å². The van der Waals surface area contributed by atoms with Crippen LogP contribution >= 0.6 is 0 Å². The average molecular weight is 337 g/mol. The van der Waals surface area contributed by atoms with Crippen LogP contribution in [-0.2, 0) is 20.8 Å². The summed E-state index contributed by atoms with van der Waals surface area (Å²) in [6.45, 7) is 2.65. The van der Waals surface area contributed by atoms with E-state index in [0.717, 1.165) is 5.56 Å². The molecule has 2 amide bonds. The maximum Gasteiger partial charge on any atom is 0.328 e. The molecule has 6 N–H and O–H groups in total. The number of carbonyl (C=O) groups is 3. The van der Waals surface area contributed by atoms with Crippen LogP contribution in [0.2, 0.25) is 0 Å². The van der Waals surface area contributed by atoms with E-state index in [1.54, 1.807) is 0 Å². The molecule has 4 atom stereocenters. The molecule has 8 heteroatoms. The molecule has 0 radical (unpaired) electrons. The van der Waals surface area contributed by atoms with Crippen molar-refractivity contribution in [2.45, 2.75) is 44.5 Å². The van der Waals surface area contributed by atoms with Gasteiger partial charge in [-0.3, -0.25) is 9.59 Å². The van der Waals surface area contributed by atoms with Crippen LogP contribution in [0.4, 0.5) is 0 Å². The molecular weight excluding hydrogens is 314 g/mol. The zero-order valence-corrected chi connectivity index (χ0v) is 13.6. The lowest BCUT2D eigenvalue weighted by atomic mass is 10.1. The van der Waals surface area contributed by atoms with Crippen molar-refractivity contribution in [3.05, 3.63) is 35.9 Å². The van der Waals surface area contributed by atoms with E-state index >= 15 is 0 Å². The van der Waals surface area contributed by atoms with Crippen molar-refractivity contribution >= 4 is 17.8 Å². The third-order valence-electron chi connectivity index (χ3n) is 3.43. The molecule has 0 saturated heterocycles. The highest BCUT2D eigenvalue weighted by Crippen LogP contribution is 2.02. The minimum Gasteiger partial charge on any atom is -0.480 e. The Labute approximate surface area is 140 Å². The Bertz CT molecular complexity index is 576. The van der Waals surface area contributed by atoms with Crippen LogP contribution in [0, 0.1) is 0 Å². The normalized spacial score (nSPS) is 15.7. The van der Waals surface area contributed by atoms with Gasteiger partial charge in [0.2, 0.25) is 11.8 Å². The van der Waals surface area contributed by atoms with Gasteiger partial charge in [0.05, 0.1) is 12.1 Å². The number of carboxylic acids is 1. The van der Waals surface area contributed by atoms with E-state index in [9.17, 15) is 19.5 Å². The number of carboxylic acid groups (broad SMARTS) is 1. The van der Waals surface area contributed by atoms with Crippen LogP contribution in [0.25, 0.3) is 0 Å². The first kappa shape index (κ1) is 19.6. The van der Waals surface area contributed by atoms with Crippen LogP contribution in [0.15, 0.2) is 30.3 Å². The Kier molecular flexibility index (Phi) is 7.34. The largest absolute Gasteiger partial charge is 0.480 e. The lowest BCUT2D eigenvalue weighted by Gasteiger charge is -2.21. The number of nitrogens with one attached hydrogen (secondary N) is 2. The maximum absolute atomic E-state index is 12.0. The molecule has 0 aromatic heterocycles. The number of aliphatic carboxylic acids is 1. The van der Waals surface area contributed by atoms with E-state index in [1.165, 1.54) is 13.8 Å². The summed E-state index contributed by atoms with van der Waals surface area (Å²) < 4.78 is 0. The highest BCUT2D eigenvalue weighted by molar-refractivity contribution is 5.91. The summed E-state index contributed by atoms with van der Waals surface area (Å²) in [4.78, 5) is 34.9. The standard InChI is InChI=1S/C16H23N3O5/c1-9(14(21)19-13(10(2)20)16(23)24)18-15(22)12(17)8-11-6-4-3-5-7-11/h3-7,9-10,12-13,20H,8,17H2,1-2H3,(H,18,22)(H,19,21)(H,23,24). The van der Waals surface area contributed by atoms with Gasteiger partial charge in [0.25, 0.3) is 0 Å². The lowest BCUT2D eigenvalue weighted by molar-refractivity contribution is -0.145. The number of aliphatic hydroxyl groups excluding tert-OH is 1. The summed E-state index contributed by atoms with van der Waals surface area (Å²) in [6, 6.07) is 5.91. The van der Waals surface area contributed by atoms with Crippen molar-refractivity contribution in [2.75, 3.05) is 0 Å². The van der Waals surface area contributed by atoms with Crippen LogP contribution < -0.4 is 16.4 Å². The molecule has 4 unspecified atom stereocenters. The highest BCUT2D eigenvalue weighted by atomic mass is 16.4. The Morgan fingerprint density at radius 1 is 1.08 bits per heavy atom. The van der Waals surface area contributed by atoms with Crippen LogP contribution in [-0.4, -0.2) is 52.2 Å². The third kappa shape index (κ3) is 5.98. The van der Waals surface area contributed by atoms with Crippen molar-refractivity contribution < 1.29 is 24.6 Å².